The van der Waals surface area contributed by atoms with Gasteiger partial charge in [0.2, 0.25) is 11.9 Å². The zero-order chi connectivity index (χ0) is 18.7. The molecule has 7 heteroatoms. The Kier molecular flexibility index (Phi) is 5.37. The van der Waals surface area contributed by atoms with Gasteiger partial charge in [-0.05, 0) is 42.0 Å². The summed E-state index contributed by atoms with van der Waals surface area (Å²) >= 11 is 3.33. The van der Waals surface area contributed by atoms with Gasteiger partial charge in [-0.1, -0.05) is 28.1 Å². The zero-order valence-electron chi connectivity index (χ0n) is 14.5. The average Bonchev–Trinajstić information content (AvgIpc) is 2.61. The highest BCUT2D eigenvalue weighted by Crippen LogP contribution is 2.25. The van der Waals surface area contributed by atoms with Crippen molar-refractivity contribution in [2.75, 3.05) is 19.0 Å². The minimum Gasteiger partial charge on any atom is -0.378 e. The second kappa shape index (κ2) is 7.70. The van der Waals surface area contributed by atoms with Crippen molar-refractivity contribution in [1.29, 1.82) is 0 Å². The summed E-state index contributed by atoms with van der Waals surface area (Å²) < 4.78 is 0.888. The van der Waals surface area contributed by atoms with Crippen LogP contribution in [0.25, 0.3) is 0 Å². The summed E-state index contributed by atoms with van der Waals surface area (Å²) in [5.74, 6) is -0.316. The number of halogens is 1. The van der Waals surface area contributed by atoms with Gasteiger partial charge in [-0.25, -0.2) is 4.99 Å². The average molecular weight is 415 g/mol. The molecule has 26 heavy (non-hydrogen) atoms. The fourth-order valence-electron chi connectivity index (χ4n) is 2.62. The van der Waals surface area contributed by atoms with Gasteiger partial charge in [-0.2, -0.15) is 0 Å². The van der Waals surface area contributed by atoms with Gasteiger partial charge in [0.25, 0.3) is 5.91 Å². The van der Waals surface area contributed by atoms with Crippen LogP contribution in [0.2, 0.25) is 0 Å². The Morgan fingerprint density at radius 2 is 1.81 bits per heavy atom. The Morgan fingerprint density at radius 3 is 2.42 bits per heavy atom. The number of amides is 2. The molecule has 0 saturated carbocycles. The molecule has 3 rings (SSSR count). The summed E-state index contributed by atoms with van der Waals surface area (Å²) in [5, 5.41) is 5.29. The molecule has 6 nitrogen and oxygen atoms in total. The van der Waals surface area contributed by atoms with Crippen LogP contribution in [0.1, 0.15) is 28.4 Å². The van der Waals surface area contributed by atoms with E-state index < -0.39 is 0 Å². The van der Waals surface area contributed by atoms with Crippen LogP contribution in [0.5, 0.6) is 0 Å². The standard InChI is InChI=1S/C19H19BrN4O2/c1-24(2)15-9-5-12(6-10-15)16-11-17(25)22-19(21-16)23-18(26)13-3-7-14(20)8-4-13/h3-10,16H,11H2,1-2H3,(H2,21,22,23,25,26). The third kappa shape index (κ3) is 4.29. The lowest BCUT2D eigenvalue weighted by Crippen LogP contribution is -2.47. The summed E-state index contributed by atoms with van der Waals surface area (Å²) in [6, 6.07) is 14.5. The van der Waals surface area contributed by atoms with E-state index in [4.69, 9.17) is 0 Å². The van der Waals surface area contributed by atoms with E-state index in [-0.39, 0.29) is 30.2 Å². The van der Waals surface area contributed by atoms with Crippen LogP contribution < -0.4 is 15.5 Å². The molecular weight excluding hydrogens is 396 g/mol. The number of carbonyl (C=O) groups is 2. The molecule has 1 aliphatic heterocycles. The summed E-state index contributed by atoms with van der Waals surface area (Å²) in [6.45, 7) is 0. The number of benzene rings is 2. The molecule has 1 unspecified atom stereocenters. The summed E-state index contributed by atoms with van der Waals surface area (Å²) in [6.07, 6.45) is 0.249. The van der Waals surface area contributed by atoms with E-state index in [1.807, 2.05) is 43.3 Å². The number of aliphatic imine (C=N–C) groups is 1. The maximum atomic E-state index is 12.3. The van der Waals surface area contributed by atoms with Gasteiger partial charge in [-0.15, -0.1) is 0 Å². The first-order valence-corrected chi connectivity index (χ1v) is 8.93. The monoisotopic (exact) mass is 414 g/mol. The molecule has 1 heterocycles. The number of hydrogen-bond acceptors (Lipinski definition) is 4. The first-order valence-electron chi connectivity index (χ1n) is 8.14. The first-order chi connectivity index (χ1) is 12.4. The van der Waals surface area contributed by atoms with Crippen molar-refractivity contribution in [3.05, 3.63) is 64.1 Å². The largest absolute Gasteiger partial charge is 0.378 e. The molecule has 0 saturated heterocycles. The Hall–Kier alpha value is -2.67. The predicted octanol–water partition coefficient (Wildman–Crippen LogP) is 2.86. The quantitative estimate of drug-likeness (QED) is 0.810. The molecule has 0 aliphatic carbocycles. The normalized spacial score (nSPS) is 16.5. The zero-order valence-corrected chi connectivity index (χ0v) is 16.1. The Bertz CT molecular complexity index is 845. The fraction of sp³-hybridized carbons (Fsp3) is 0.211. The van der Waals surface area contributed by atoms with E-state index in [0.717, 1.165) is 15.7 Å². The molecule has 0 radical (unpaired) electrons. The number of nitrogens with zero attached hydrogens (tertiary/aromatic N) is 2. The van der Waals surface area contributed by atoms with Gasteiger partial charge >= 0.3 is 0 Å². The molecular formula is C19H19BrN4O2. The molecule has 2 aromatic rings. The number of rotatable bonds is 3. The summed E-state index contributed by atoms with van der Waals surface area (Å²) in [5.41, 5.74) is 2.49. The number of guanidine groups is 1. The third-order valence-electron chi connectivity index (χ3n) is 4.05. The van der Waals surface area contributed by atoms with Gasteiger partial charge in [0, 0.05) is 29.8 Å². The van der Waals surface area contributed by atoms with E-state index in [0.29, 0.717) is 5.56 Å². The SMILES string of the molecule is CN(C)c1ccc(C2CC(=O)NC(NC(=O)c3ccc(Br)cc3)=N2)cc1. The molecule has 0 bridgehead atoms. The second-order valence-corrected chi connectivity index (χ2v) is 7.11. The number of anilines is 1. The van der Waals surface area contributed by atoms with Crippen LogP contribution in [0, 0.1) is 0 Å². The number of nitrogens with one attached hydrogen (secondary N) is 2. The van der Waals surface area contributed by atoms with Gasteiger partial charge in [0.1, 0.15) is 0 Å². The minimum absolute atomic E-state index is 0.173. The molecule has 0 aromatic heterocycles. The van der Waals surface area contributed by atoms with Crippen molar-refractivity contribution in [3.8, 4) is 0 Å². The van der Waals surface area contributed by atoms with Crippen LogP contribution in [0.15, 0.2) is 58.0 Å². The van der Waals surface area contributed by atoms with Crippen molar-refractivity contribution >= 4 is 39.4 Å². The lowest BCUT2D eigenvalue weighted by molar-refractivity contribution is -0.120. The van der Waals surface area contributed by atoms with Crippen molar-refractivity contribution in [2.24, 2.45) is 4.99 Å². The van der Waals surface area contributed by atoms with Gasteiger partial charge in [0.15, 0.2) is 0 Å². The molecule has 0 fully saturated rings. The molecule has 134 valence electrons. The van der Waals surface area contributed by atoms with E-state index in [9.17, 15) is 9.59 Å². The smallest absolute Gasteiger partial charge is 0.257 e. The Balaban J connectivity index is 1.77. The van der Waals surface area contributed by atoms with Crippen LogP contribution in [-0.4, -0.2) is 31.9 Å². The van der Waals surface area contributed by atoms with E-state index in [1.165, 1.54) is 0 Å². The summed E-state index contributed by atoms with van der Waals surface area (Å²) in [7, 11) is 3.94. The van der Waals surface area contributed by atoms with Gasteiger partial charge in [0.05, 0.1) is 12.5 Å². The molecule has 1 aliphatic rings. The highest BCUT2D eigenvalue weighted by atomic mass is 79.9. The van der Waals surface area contributed by atoms with Crippen LogP contribution in [0.4, 0.5) is 5.69 Å². The van der Waals surface area contributed by atoms with E-state index in [2.05, 4.69) is 31.6 Å². The van der Waals surface area contributed by atoms with Crippen LogP contribution >= 0.6 is 15.9 Å². The Labute approximate surface area is 160 Å². The second-order valence-electron chi connectivity index (χ2n) is 6.19. The lowest BCUT2D eigenvalue weighted by Gasteiger charge is -2.22. The van der Waals surface area contributed by atoms with Crippen LogP contribution in [0.3, 0.4) is 0 Å². The lowest BCUT2D eigenvalue weighted by atomic mass is 10.0. The molecule has 2 aromatic carbocycles. The van der Waals surface area contributed by atoms with E-state index in [1.54, 1.807) is 24.3 Å². The molecule has 2 amide bonds. The maximum absolute atomic E-state index is 12.3. The van der Waals surface area contributed by atoms with Crippen molar-refractivity contribution in [2.45, 2.75) is 12.5 Å². The molecule has 1 atom stereocenters. The number of carbonyl (C=O) groups excluding carboxylic acids is 2. The van der Waals surface area contributed by atoms with Crippen molar-refractivity contribution < 1.29 is 9.59 Å². The van der Waals surface area contributed by atoms with Gasteiger partial charge < -0.3 is 4.90 Å². The van der Waals surface area contributed by atoms with E-state index >= 15 is 0 Å². The third-order valence-corrected chi connectivity index (χ3v) is 4.58. The molecule has 2 N–H and O–H groups in total. The van der Waals surface area contributed by atoms with Crippen molar-refractivity contribution in [1.82, 2.24) is 10.6 Å². The van der Waals surface area contributed by atoms with Crippen molar-refractivity contribution in [3.63, 3.8) is 0 Å². The first kappa shape index (κ1) is 18.1. The topological polar surface area (TPSA) is 73.8 Å². The maximum Gasteiger partial charge on any atom is 0.257 e. The highest BCUT2D eigenvalue weighted by molar-refractivity contribution is 9.10. The summed E-state index contributed by atoms with van der Waals surface area (Å²) in [4.78, 5) is 30.9. The number of hydrogen-bond donors (Lipinski definition) is 2. The highest BCUT2D eigenvalue weighted by Gasteiger charge is 2.23. The van der Waals surface area contributed by atoms with Gasteiger partial charge in [-0.3, -0.25) is 20.2 Å². The minimum atomic E-state index is -0.319. The predicted molar refractivity (Wildman–Crippen MR) is 105 cm³/mol. The van der Waals surface area contributed by atoms with Crippen LogP contribution in [-0.2, 0) is 4.79 Å². The molecule has 0 spiro atoms. The Morgan fingerprint density at radius 1 is 1.15 bits per heavy atom. The fourth-order valence-corrected chi connectivity index (χ4v) is 2.89.